The van der Waals surface area contributed by atoms with Gasteiger partial charge in [0.25, 0.3) is 0 Å². The molecule has 0 saturated heterocycles. The van der Waals surface area contributed by atoms with Crippen molar-refractivity contribution in [3.8, 4) is 0 Å². The maximum Gasteiger partial charge on any atom is 0.338 e. The normalized spacial score (nSPS) is 11.4. The first-order valence-corrected chi connectivity index (χ1v) is 7.78. The van der Waals surface area contributed by atoms with E-state index in [0.717, 1.165) is 11.3 Å². The van der Waals surface area contributed by atoms with Gasteiger partial charge in [0.2, 0.25) is 0 Å². The van der Waals surface area contributed by atoms with Gasteiger partial charge < -0.3 is 15.8 Å². The second kappa shape index (κ2) is 9.41. The Hall–Kier alpha value is -2.09. The summed E-state index contributed by atoms with van der Waals surface area (Å²) in [5.74, 6) is -0.0208. The number of carbonyl (C=O) groups is 1. The fourth-order valence-corrected chi connectivity index (χ4v) is 2.02. The van der Waals surface area contributed by atoms with Gasteiger partial charge in [-0.25, -0.2) is 9.79 Å². The van der Waals surface area contributed by atoms with Crippen LogP contribution in [0.1, 0.15) is 36.7 Å². The zero-order valence-electron chi connectivity index (χ0n) is 14.7. The van der Waals surface area contributed by atoms with E-state index in [0.29, 0.717) is 18.1 Å². The number of rotatable bonds is 4. The van der Waals surface area contributed by atoms with E-state index in [9.17, 15) is 4.79 Å². The summed E-state index contributed by atoms with van der Waals surface area (Å²) in [6, 6.07) is 16.8. The van der Waals surface area contributed by atoms with Crippen LogP contribution in [0.25, 0.3) is 0 Å². The van der Waals surface area contributed by atoms with Gasteiger partial charge in [0.15, 0.2) is 5.96 Å². The van der Waals surface area contributed by atoms with E-state index in [1.807, 2.05) is 63.2 Å². The molecule has 0 fully saturated rings. The number of nitrogens with one attached hydrogen (secondary N) is 1. The number of carbonyl (C=O) groups excluding carboxylic acids is 1. The highest BCUT2D eigenvalue weighted by atomic mass is 127. The van der Waals surface area contributed by atoms with Crippen LogP contribution in [0.5, 0.6) is 0 Å². The number of aliphatic imine (C=N–C) groups is 1. The molecule has 2 rings (SSSR count). The molecule has 2 aromatic carbocycles. The van der Waals surface area contributed by atoms with Crippen molar-refractivity contribution in [2.45, 2.75) is 32.9 Å². The first-order valence-electron chi connectivity index (χ1n) is 7.78. The molecule has 3 N–H and O–H groups in total. The molecule has 0 heterocycles. The standard InChI is InChI=1S/C19H23N3O2.HI/c1-19(2,3)24-17(23)15-9-7-8-14(12-15)13-21-18(20)22-16-10-5-4-6-11-16;/h4-12H,13H2,1-3H3,(H3,20,21,22);1H. The molecule has 0 aliphatic heterocycles. The van der Waals surface area contributed by atoms with Crippen molar-refractivity contribution in [2.75, 3.05) is 5.32 Å². The Labute approximate surface area is 165 Å². The molecule has 0 aliphatic carbocycles. The smallest absolute Gasteiger partial charge is 0.338 e. The van der Waals surface area contributed by atoms with Crippen molar-refractivity contribution in [1.82, 2.24) is 0 Å². The molecule has 0 bridgehead atoms. The van der Waals surface area contributed by atoms with Crippen LogP contribution < -0.4 is 11.1 Å². The number of esters is 1. The lowest BCUT2D eigenvalue weighted by molar-refractivity contribution is 0.00694. The van der Waals surface area contributed by atoms with Gasteiger partial charge in [0.1, 0.15) is 5.60 Å². The Bertz CT molecular complexity index is 725. The number of hydrogen-bond acceptors (Lipinski definition) is 3. The molecule has 0 atom stereocenters. The van der Waals surface area contributed by atoms with Gasteiger partial charge in [0, 0.05) is 5.69 Å². The highest BCUT2D eigenvalue weighted by Crippen LogP contribution is 2.14. The molecular weight excluding hydrogens is 429 g/mol. The zero-order valence-corrected chi connectivity index (χ0v) is 17.0. The number of benzene rings is 2. The van der Waals surface area contributed by atoms with Crippen LogP contribution in [-0.4, -0.2) is 17.5 Å². The second-order valence-electron chi connectivity index (χ2n) is 6.39. The van der Waals surface area contributed by atoms with Crippen LogP contribution in [0.15, 0.2) is 59.6 Å². The molecule has 0 aromatic heterocycles. The predicted molar refractivity (Wildman–Crippen MR) is 112 cm³/mol. The number of guanidine groups is 1. The summed E-state index contributed by atoms with van der Waals surface area (Å²) in [5, 5.41) is 3.02. The summed E-state index contributed by atoms with van der Waals surface area (Å²) in [4.78, 5) is 16.4. The number of ether oxygens (including phenoxy) is 1. The van der Waals surface area contributed by atoms with Gasteiger partial charge in [-0.2, -0.15) is 0 Å². The van der Waals surface area contributed by atoms with Gasteiger partial charge in [-0.3, -0.25) is 0 Å². The van der Waals surface area contributed by atoms with Crippen molar-refractivity contribution in [3.05, 3.63) is 65.7 Å². The van der Waals surface area contributed by atoms with Crippen molar-refractivity contribution in [2.24, 2.45) is 10.7 Å². The molecule has 0 spiro atoms. The van der Waals surface area contributed by atoms with E-state index in [-0.39, 0.29) is 29.9 Å². The van der Waals surface area contributed by atoms with Crippen LogP contribution in [0.2, 0.25) is 0 Å². The first-order chi connectivity index (χ1) is 11.3. The van der Waals surface area contributed by atoms with Crippen molar-refractivity contribution in [3.63, 3.8) is 0 Å². The lowest BCUT2D eigenvalue weighted by Crippen LogP contribution is -2.24. The Kier molecular flexibility index (Phi) is 7.89. The zero-order chi connectivity index (χ0) is 17.6. The fourth-order valence-electron chi connectivity index (χ4n) is 2.02. The monoisotopic (exact) mass is 453 g/mol. The van der Waals surface area contributed by atoms with Crippen LogP contribution in [0.3, 0.4) is 0 Å². The molecular formula is C19H24IN3O2. The van der Waals surface area contributed by atoms with Gasteiger partial charge >= 0.3 is 5.97 Å². The summed E-state index contributed by atoms with van der Waals surface area (Å²) < 4.78 is 5.37. The van der Waals surface area contributed by atoms with E-state index in [4.69, 9.17) is 10.5 Å². The van der Waals surface area contributed by atoms with E-state index in [1.54, 1.807) is 12.1 Å². The van der Waals surface area contributed by atoms with E-state index in [2.05, 4.69) is 10.3 Å². The minimum Gasteiger partial charge on any atom is -0.456 e. The van der Waals surface area contributed by atoms with E-state index < -0.39 is 5.60 Å². The minimum absolute atomic E-state index is 0. The molecule has 0 saturated carbocycles. The number of nitrogens with zero attached hydrogens (tertiary/aromatic N) is 1. The summed E-state index contributed by atoms with van der Waals surface area (Å²) in [5.41, 5.74) is 7.63. The number of nitrogens with two attached hydrogens (primary N) is 1. The average molecular weight is 453 g/mol. The lowest BCUT2D eigenvalue weighted by atomic mass is 10.1. The first kappa shape index (κ1) is 21.0. The van der Waals surface area contributed by atoms with Gasteiger partial charge in [0.05, 0.1) is 12.1 Å². The fraction of sp³-hybridized carbons (Fsp3) is 0.263. The minimum atomic E-state index is -0.519. The maximum absolute atomic E-state index is 12.1. The summed E-state index contributed by atoms with van der Waals surface area (Å²) in [6.45, 7) is 5.90. The van der Waals surface area contributed by atoms with Gasteiger partial charge in [-0.1, -0.05) is 30.3 Å². The van der Waals surface area contributed by atoms with Crippen LogP contribution in [0.4, 0.5) is 5.69 Å². The Morgan fingerprint density at radius 1 is 1.12 bits per heavy atom. The Balaban J connectivity index is 0.00000312. The molecule has 25 heavy (non-hydrogen) atoms. The summed E-state index contributed by atoms with van der Waals surface area (Å²) in [7, 11) is 0. The highest BCUT2D eigenvalue weighted by Gasteiger charge is 2.17. The Morgan fingerprint density at radius 2 is 1.80 bits per heavy atom. The molecule has 0 aliphatic rings. The third-order valence-corrected chi connectivity index (χ3v) is 3.04. The van der Waals surface area contributed by atoms with E-state index >= 15 is 0 Å². The Morgan fingerprint density at radius 3 is 2.44 bits per heavy atom. The van der Waals surface area contributed by atoms with Crippen molar-refractivity contribution < 1.29 is 9.53 Å². The average Bonchev–Trinajstić information content (AvgIpc) is 2.53. The number of anilines is 1. The largest absolute Gasteiger partial charge is 0.456 e. The summed E-state index contributed by atoms with van der Waals surface area (Å²) in [6.07, 6.45) is 0. The number of hydrogen-bond donors (Lipinski definition) is 2. The van der Waals surface area contributed by atoms with Gasteiger partial charge in [-0.05, 0) is 50.6 Å². The number of halogens is 1. The second-order valence-corrected chi connectivity index (χ2v) is 6.39. The van der Waals surface area contributed by atoms with Crippen LogP contribution in [0, 0.1) is 0 Å². The third-order valence-electron chi connectivity index (χ3n) is 3.04. The highest BCUT2D eigenvalue weighted by molar-refractivity contribution is 14.0. The van der Waals surface area contributed by atoms with Crippen molar-refractivity contribution >= 4 is 41.6 Å². The molecule has 0 amide bonds. The molecule has 134 valence electrons. The SMILES string of the molecule is CC(C)(C)OC(=O)c1cccc(CN=C(N)Nc2ccccc2)c1.I. The summed E-state index contributed by atoms with van der Waals surface area (Å²) >= 11 is 0. The molecule has 2 aromatic rings. The third kappa shape index (κ3) is 7.55. The van der Waals surface area contributed by atoms with E-state index in [1.165, 1.54) is 0 Å². The van der Waals surface area contributed by atoms with Crippen molar-refractivity contribution in [1.29, 1.82) is 0 Å². The van der Waals surface area contributed by atoms with Crippen LogP contribution in [-0.2, 0) is 11.3 Å². The molecule has 0 radical (unpaired) electrons. The van der Waals surface area contributed by atoms with Gasteiger partial charge in [-0.15, -0.1) is 24.0 Å². The molecule has 6 heteroatoms. The predicted octanol–water partition coefficient (Wildman–Crippen LogP) is 4.19. The molecule has 0 unspecified atom stereocenters. The van der Waals surface area contributed by atoms with Crippen LogP contribution >= 0.6 is 24.0 Å². The molecule has 5 nitrogen and oxygen atoms in total. The topological polar surface area (TPSA) is 76.7 Å². The number of para-hydroxylation sites is 1. The maximum atomic E-state index is 12.1. The quantitative estimate of drug-likeness (QED) is 0.315. The lowest BCUT2D eigenvalue weighted by Gasteiger charge is -2.19.